The number of fused-ring (bicyclic) bond motifs is 1. The molecule has 0 atom stereocenters. The normalized spacial score (nSPS) is 16.7. The Morgan fingerprint density at radius 2 is 1.87 bits per heavy atom. The van der Waals surface area contributed by atoms with Gasteiger partial charge in [-0.05, 0) is 30.5 Å². The van der Waals surface area contributed by atoms with E-state index < -0.39 is 5.69 Å². The number of amides is 1. The number of nitrogens with zero attached hydrogens (tertiary/aromatic N) is 6. The van der Waals surface area contributed by atoms with E-state index in [-0.39, 0.29) is 23.9 Å². The Balaban J connectivity index is 1.53. The van der Waals surface area contributed by atoms with Crippen molar-refractivity contribution in [3.8, 4) is 0 Å². The second-order valence-corrected chi connectivity index (χ2v) is 8.21. The number of piperazine rings is 1. The van der Waals surface area contributed by atoms with E-state index >= 15 is 0 Å². The van der Waals surface area contributed by atoms with Gasteiger partial charge in [-0.15, -0.1) is 0 Å². The lowest BCUT2D eigenvalue weighted by Gasteiger charge is -2.36. The molecule has 4 heterocycles. The Labute approximate surface area is 178 Å². The highest BCUT2D eigenvalue weighted by Crippen LogP contribution is 2.32. The van der Waals surface area contributed by atoms with Crippen LogP contribution in [0.1, 0.15) is 18.4 Å². The molecule has 1 saturated carbocycles. The summed E-state index contributed by atoms with van der Waals surface area (Å²) in [7, 11) is 1.63. The largest absolute Gasteiger partial charge is 0.367 e. The molecule has 0 N–H and O–H groups in total. The fraction of sp³-hybridized carbons (Fsp3) is 0.409. The highest BCUT2D eigenvalue weighted by Gasteiger charge is 2.35. The van der Waals surface area contributed by atoms with Crippen LogP contribution in [-0.4, -0.2) is 56.1 Å². The molecule has 9 heteroatoms. The highest BCUT2D eigenvalue weighted by molar-refractivity contribution is 5.89. The lowest BCUT2D eigenvalue weighted by atomic mass is 10.2. The molecule has 1 aliphatic carbocycles. The van der Waals surface area contributed by atoms with Crippen LogP contribution in [0.4, 0.5) is 5.69 Å². The smallest absolute Gasteiger partial charge is 0.332 e. The van der Waals surface area contributed by atoms with Crippen LogP contribution < -0.4 is 16.1 Å². The predicted molar refractivity (Wildman–Crippen MR) is 116 cm³/mol. The Bertz CT molecular complexity index is 1250. The minimum Gasteiger partial charge on any atom is -0.367 e. The van der Waals surface area contributed by atoms with E-state index in [9.17, 15) is 14.4 Å². The summed E-state index contributed by atoms with van der Waals surface area (Å²) in [6.45, 7) is 2.70. The maximum absolute atomic E-state index is 13.4. The van der Waals surface area contributed by atoms with E-state index in [1.165, 1.54) is 9.13 Å². The van der Waals surface area contributed by atoms with Gasteiger partial charge in [0.25, 0.3) is 5.56 Å². The van der Waals surface area contributed by atoms with Gasteiger partial charge in [-0.3, -0.25) is 23.7 Å². The van der Waals surface area contributed by atoms with Crippen molar-refractivity contribution in [3.63, 3.8) is 0 Å². The van der Waals surface area contributed by atoms with Crippen LogP contribution in [0, 0.1) is 5.92 Å². The van der Waals surface area contributed by atoms with Crippen molar-refractivity contribution in [1.82, 2.24) is 24.0 Å². The van der Waals surface area contributed by atoms with Crippen molar-refractivity contribution in [2.45, 2.75) is 19.4 Å². The summed E-state index contributed by atoms with van der Waals surface area (Å²) in [4.78, 5) is 51.1. The molecule has 2 aliphatic rings. The second-order valence-electron chi connectivity index (χ2n) is 8.21. The maximum Gasteiger partial charge on any atom is 0.332 e. The summed E-state index contributed by atoms with van der Waals surface area (Å²) in [6, 6.07) is 5.44. The minimum atomic E-state index is -0.411. The average molecular weight is 420 g/mol. The number of anilines is 1. The number of hydrogen-bond donors (Lipinski definition) is 0. The number of carbonyl (C=O) groups excluding carboxylic acids is 1. The first-order chi connectivity index (χ1) is 15.0. The van der Waals surface area contributed by atoms with Gasteiger partial charge >= 0.3 is 5.69 Å². The van der Waals surface area contributed by atoms with E-state index in [0.29, 0.717) is 37.2 Å². The number of hydrogen-bond acceptors (Lipinski definition) is 6. The molecule has 160 valence electrons. The zero-order valence-electron chi connectivity index (χ0n) is 17.4. The van der Waals surface area contributed by atoms with Crippen molar-refractivity contribution >= 4 is 22.6 Å². The molecule has 0 unspecified atom stereocenters. The molecular formula is C22H24N6O3. The van der Waals surface area contributed by atoms with Crippen LogP contribution >= 0.6 is 0 Å². The van der Waals surface area contributed by atoms with Gasteiger partial charge in [0.1, 0.15) is 5.39 Å². The third-order valence-electron chi connectivity index (χ3n) is 6.13. The average Bonchev–Trinajstić information content (AvgIpc) is 3.66. The molecule has 3 aromatic heterocycles. The summed E-state index contributed by atoms with van der Waals surface area (Å²) in [5.41, 5.74) is 1.13. The zero-order valence-corrected chi connectivity index (χ0v) is 17.4. The molecule has 3 aromatic rings. The molecule has 0 aromatic carbocycles. The standard InChI is InChI=1S/C22H24N6O3/c1-25-19-18(21(30)28(22(25)31)14-15-3-2-7-23-13-15)17(6-8-24-19)26-9-11-27(12-10-26)20(29)16-4-5-16/h2-3,6-8,13,16H,4-5,9-12,14H2,1H3. The van der Waals surface area contributed by atoms with Gasteiger partial charge in [0.15, 0.2) is 5.65 Å². The molecule has 2 fully saturated rings. The van der Waals surface area contributed by atoms with Crippen LogP contribution in [0.15, 0.2) is 46.4 Å². The van der Waals surface area contributed by atoms with Crippen molar-refractivity contribution < 1.29 is 4.79 Å². The second kappa shape index (κ2) is 7.64. The lowest BCUT2D eigenvalue weighted by Crippen LogP contribution is -2.49. The number of pyridine rings is 2. The van der Waals surface area contributed by atoms with Crippen LogP contribution in [0.3, 0.4) is 0 Å². The van der Waals surface area contributed by atoms with Gasteiger partial charge in [-0.25, -0.2) is 9.78 Å². The van der Waals surface area contributed by atoms with Crippen LogP contribution in [0.2, 0.25) is 0 Å². The number of carbonyl (C=O) groups is 1. The predicted octanol–water partition coefficient (Wildman–Crippen LogP) is 0.597. The third kappa shape index (κ3) is 3.49. The van der Waals surface area contributed by atoms with Gasteiger partial charge in [0.2, 0.25) is 5.91 Å². The van der Waals surface area contributed by atoms with E-state index in [2.05, 4.69) is 14.9 Å². The van der Waals surface area contributed by atoms with Crippen molar-refractivity contribution in [2.24, 2.45) is 13.0 Å². The molecular weight excluding hydrogens is 396 g/mol. The summed E-state index contributed by atoms with van der Waals surface area (Å²) in [5.74, 6) is 0.461. The summed E-state index contributed by atoms with van der Waals surface area (Å²) in [5, 5.41) is 0.426. The zero-order chi connectivity index (χ0) is 21.5. The summed E-state index contributed by atoms with van der Waals surface area (Å²) >= 11 is 0. The fourth-order valence-corrected chi connectivity index (χ4v) is 4.23. The van der Waals surface area contributed by atoms with Crippen molar-refractivity contribution in [1.29, 1.82) is 0 Å². The Kier molecular flexibility index (Phi) is 4.80. The Morgan fingerprint density at radius 1 is 1.10 bits per heavy atom. The summed E-state index contributed by atoms with van der Waals surface area (Å²) in [6.07, 6.45) is 6.93. The fourth-order valence-electron chi connectivity index (χ4n) is 4.23. The van der Waals surface area contributed by atoms with E-state index in [1.54, 1.807) is 31.7 Å². The maximum atomic E-state index is 13.4. The van der Waals surface area contributed by atoms with Gasteiger partial charge < -0.3 is 9.80 Å². The molecule has 0 bridgehead atoms. The van der Waals surface area contributed by atoms with Gasteiger partial charge in [-0.2, -0.15) is 0 Å². The molecule has 31 heavy (non-hydrogen) atoms. The third-order valence-corrected chi connectivity index (χ3v) is 6.13. The first kappa shape index (κ1) is 19.5. The molecule has 1 saturated heterocycles. The molecule has 1 aliphatic heterocycles. The Morgan fingerprint density at radius 3 is 2.55 bits per heavy atom. The van der Waals surface area contributed by atoms with Crippen LogP contribution in [0.25, 0.3) is 11.0 Å². The van der Waals surface area contributed by atoms with Crippen molar-refractivity contribution in [2.75, 3.05) is 31.1 Å². The molecule has 0 radical (unpaired) electrons. The highest BCUT2D eigenvalue weighted by atomic mass is 16.2. The minimum absolute atomic E-state index is 0.146. The molecule has 1 amide bonds. The number of aryl methyl sites for hydroxylation is 1. The number of rotatable bonds is 4. The van der Waals surface area contributed by atoms with Gasteiger partial charge in [-0.1, -0.05) is 6.07 Å². The quantitative estimate of drug-likeness (QED) is 0.614. The van der Waals surface area contributed by atoms with Crippen LogP contribution in [0.5, 0.6) is 0 Å². The first-order valence-corrected chi connectivity index (χ1v) is 10.6. The van der Waals surface area contributed by atoms with E-state index in [4.69, 9.17) is 0 Å². The van der Waals surface area contributed by atoms with Gasteiger partial charge in [0.05, 0.1) is 12.2 Å². The lowest BCUT2D eigenvalue weighted by molar-refractivity contribution is -0.132. The van der Waals surface area contributed by atoms with Crippen LogP contribution in [-0.2, 0) is 18.4 Å². The van der Waals surface area contributed by atoms with E-state index in [1.807, 2.05) is 17.0 Å². The van der Waals surface area contributed by atoms with Crippen molar-refractivity contribution in [3.05, 3.63) is 63.2 Å². The first-order valence-electron chi connectivity index (χ1n) is 10.6. The monoisotopic (exact) mass is 420 g/mol. The molecule has 0 spiro atoms. The molecule has 9 nitrogen and oxygen atoms in total. The Hall–Kier alpha value is -3.49. The topological polar surface area (TPSA) is 93.3 Å². The SMILES string of the molecule is Cn1c(=O)n(Cc2cccnc2)c(=O)c2c(N3CCN(C(=O)C4CC4)CC3)ccnc21. The number of aromatic nitrogens is 4. The van der Waals surface area contributed by atoms with E-state index in [0.717, 1.165) is 24.1 Å². The van der Waals surface area contributed by atoms with Gasteiger partial charge in [0, 0.05) is 57.7 Å². The summed E-state index contributed by atoms with van der Waals surface area (Å²) < 4.78 is 2.65. The molecule has 5 rings (SSSR count).